The molecule has 0 spiro atoms. The second-order valence-electron chi connectivity index (χ2n) is 6.51. The van der Waals surface area contributed by atoms with Crippen molar-refractivity contribution in [3.63, 3.8) is 0 Å². The molecule has 0 bridgehead atoms. The van der Waals surface area contributed by atoms with E-state index in [9.17, 15) is 24.2 Å². The first-order valence-corrected chi connectivity index (χ1v) is 7.90. The number of benzene rings is 1. The van der Waals surface area contributed by atoms with Crippen LogP contribution in [0.2, 0.25) is 0 Å². The van der Waals surface area contributed by atoms with Gasteiger partial charge >= 0.3 is 5.97 Å². The van der Waals surface area contributed by atoms with E-state index in [-0.39, 0.29) is 17.6 Å². The number of carbonyl (C=O) groups excluding carboxylic acids is 1. The number of halogens is 1. The Kier molecular flexibility index (Phi) is 4.10. The fourth-order valence-electron chi connectivity index (χ4n) is 3.30. The van der Waals surface area contributed by atoms with Crippen LogP contribution in [0.4, 0.5) is 4.39 Å². The molecule has 3 rings (SSSR count). The fourth-order valence-corrected chi connectivity index (χ4v) is 3.30. The lowest BCUT2D eigenvalue weighted by Crippen LogP contribution is -2.45. The third-order valence-electron chi connectivity index (χ3n) is 5.05. The molecule has 0 radical (unpaired) electrons. The maximum atomic E-state index is 12.9. The monoisotopic (exact) mass is 321 g/mol. The molecule has 2 N–H and O–H groups in total. The lowest BCUT2D eigenvalue weighted by Gasteiger charge is -2.35. The molecule has 1 heterocycles. The maximum Gasteiger partial charge on any atom is 0.319 e. The van der Waals surface area contributed by atoms with E-state index in [2.05, 4.69) is 0 Å². The number of piperidine rings is 1. The lowest BCUT2D eigenvalue weighted by atomic mass is 9.87. The van der Waals surface area contributed by atoms with Gasteiger partial charge in [0.25, 0.3) is 0 Å². The Labute approximate surface area is 133 Å². The number of rotatable bonds is 4. The maximum absolute atomic E-state index is 12.9. The standard InChI is InChI=1S/C17H20FNO4/c18-13-3-1-11(2-4-13)14(20)12-5-9-19(10-6-12)15(21)17(7-8-17)16(22)23/h1-4,12,14,20H,5-10H2,(H,22,23)/t14-/m1/s1. The summed E-state index contributed by atoms with van der Waals surface area (Å²) in [5.41, 5.74) is -0.525. The normalized spacial score (nSPS) is 21.7. The summed E-state index contributed by atoms with van der Waals surface area (Å²) >= 11 is 0. The molecule has 0 unspecified atom stereocenters. The van der Waals surface area contributed by atoms with Gasteiger partial charge in [-0.3, -0.25) is 9.59 Å². The predicted molar refractivity (Wildman–Crippen MR) is 80.0 cm³/mol. The molecule has 124 valence electrons. The van der Waals surface area contributed by atoms with E-state index in [1.165, 1.54) is 12.1 Å². The number of hydrogen-bond donors (Lipinski definition) is 2. The van der Waals surface area contributed by atoms with Crippen LogP contribution in [0.15, 0.2) is 24.3 Å². The van der Waals surface area contributed by atoms with Gasteiger partial charge in [-0.1, -0.05) is 12.1 Å². The van der Waals surface area contributed by atoms with Crippen LogP contribution in [-0.2, 0) is 9.59 Å². The minimum absolute atomic E-state index is 0.00973. The van der Waals surface area contributed by atoms with Gasteiger partial charge in [0.05, 0.1) is 6.10 Å². The molecular formula is C17H20FNO4. The molecule has 1 saturated heterocycles. The zero-order valence-corrected chi connectivity index (χ0v) is 12.7. The first-order chi connectivity index (χ1) is 10.9. The number of likely N-dealkylation sites (tertiary alicyclic amines) is 1. The zero-order chi connectivity index (χ0) is 16.6. The van der Waals surface area contributed by atoms with E-state index in [1.807, 2.05) is 0 Å². The molecule has 1 aromatic rings. The molecule has 2 fully saturated rings. The molecule has 1 amide bonds. The van der Waals surface area contributed by atoms with E-state index in [0.717, 1.165) is 0 Å². The number of carboxylic acid groups (broad SMARTS) is 1. The molecule has 6 heteroatoms. The summed E-state index contributed by atoms with van der Waals surface area (Å²) < 4.78 is 12.9. The Morgan fingerprint density at radius 3 is 2.22 bits per heavy atom. The van der Waals surface area contributed by atoms with Gasteiger partial charge in [-0.05, 0) is 49.3 Å². The minimum atomic E-state index is -1.19. The molecule has 1 atom stereocenters. The number of nitrogens with zero attached hydrogens (tertiary/aromatic N) is 1. The van der Waals surface area contributed by atoms with Crippen LogP contribution in [0.5, 0.6) is 0 Å². The summed E-state index contributed by atoms with van der Waals surface area (Å²) in [6.07, 6.45) is 1.36. The summed E-state index contributed by atoms with van der Waals surface area (Å²) in [6, 6.07) is 5.78. The fraction of sp³-hybridized carbons (Fsp3) is 0.529. The average molecular weight is 321 g/mol. The molecule has 5 nitrogen and oxygen atoms in total. The predicted octanol–water partition coefficient (Wildman–Crippen LogP) is 1.96. The second kappa shape index (κ2) is 5.92. The Hall–Kier alpha value is -1.95. The van der Waals surface area contributed by atoms with Crippen molar-refractivity contribution < 1.29 is 24.2 Å². The number of hydrogen-bond acceptors (Lipinski definition) is 3. The van der Waals surface area contributed by atoms with Crippen molar-refractivity contribution in [3.8, 4) is 0 Å². The van der Waals surface area contributed by atoms with Crippen molar-refractivity contribution in [1.82, 2.24) is 4.90 Å². The molecule has 1 saturated carbocycles. The quantitative estimate of drug-likeness (QED) is 0.831. The first kappa shape index (κ1) is 15.9. The number of amides is 1. The summed E-state index contributed by atoms with van der Waals surface area (Å²) in [4.78, 5) is 25.2. The lowest BCUT2D eigenvalue weighted by molar-refractivity contribution is -0.154. The van der Waals surface area contributed by atoms with Gasteiger partial charge in [-0.15, -0.1) is 0 Å². The number of aliphatic hydroxyl groups is 1. The molecule has 23 heavy (non-hydrogen) atoms. The summed E-state index contributed by atoms with van der Waals surface area (Å²) in [6.45, 7) is 0.910. The van der Waals surface area contributed by atoms with Crippen LogP contribution in [0.25, 0.3) is 0 Å². The first-order valence-electron chi connectivity index (χ1n) is 7.90. The molecule has 2 aliphatic rings. The largest absolute Gasteiger partial charge is 0.480 e. The SMILES string of the molecule is O=C(O)C1(C(=O)N2CCC([C@H](O)c3ccc(F)cc3)CC2)CC1. The summed E-state index contributed by atoms with van der Waals surface area (Å²) in [5.74, 6) is -1.68. The highest BCUT2D eigenvalue weighted by molar-refractivity contribution is 6.04. The van der Waals surface area contributed by atoms with Gasteiger partial charge in [0, 0.05) is 13.1 Å². The highest BCUT2D eigenvalue weighted by Gasteiger charge is 2.58. The van der Waals surface area contributed by atoms with Gasteiger partial charge < -0.3 is 15.1 Å². The van der Waals surface area contributed by atoms with Crippen molar-refractivity contribution in [3.05, 3.63) is 35.6 Å². The Bertz CT molecular complexity index is 604. The molecule has 1 aliphatic carbocycles. The summed E-state index contributed by atoms with van der Waals surface area (Å²) in [7, 11) is 0. The van der Waals surface area contributed by atoms with Crippen LogP contribution in [0.1, 0.15) is 37.4 Å². The number of carboxylic acids is 1. The van der Waals surface area contributed by atoms with Crippen molar-refractivity contribution in [2.75, 3.05) is 13.1 Å². The molecule has 1 aliphatic heterocycles. The highest BCUT2D eigenvalue weighted by Crippen LogP contribution is 2.48. The smallest absolute Gasteiger partial charge is 0.319 e. The van der Waals surface area contributed by atoms with Crippen LogP contribution in [0, 0.1) is 17.2 Å². The van der Waals surface area contributed by atoms with E-state index in [0.29, 0.717) is 44.3 Å². The van der Waals surface area contributed by atoms with Crippen molar-refractivity contribution >= 4 is 11.9 Å². The number of aliphatic hydroxyl groups excluding tert-OH is 1. The number of carbonyl (C=O) groups is 2. The molecule has 0 aromatic heterocycles. The molecule has 1 aromatic carbocycles. The topological polar surface area (TPSA) is 77.8 Å². The molecular weight excluding hydrogens is 301 g/mol. The number of aliphatic carboxylic acids is 1. The third kappa shape index (κ3) is 2.95. The van der Waals surface area contributed by atoms with Crippen LogP contribution < -0.4 is 0 Å². The van der Waals surface area contributed by atoms with Gasteiger partial charge in [0.1, 0.15) is 11.2 Å². The second-order valence-corrected chi connectivity index (χ2v) is 6.51. The van der Waals surface area contributed by atoms with Crippen molar-refractivity contribution in [1.29, 1.82) is 0 Å². The van der Waals surface area contributed by atoms with Crippen molar-refractivity contribution in [2.24, 2.45) is 11.3 Å². The van der Waals surface area contributed by atoms with E-state index in [1.54, 1.807) is 17.0 Å². The van der Waals surface area contributed by atoms with Crippen LogP contribution >= 0.6 is 0 Å². The minimum Gasteiger partial charge on any atom is -0.480 e. The van der Waals surface area contributed by atoms with Crippen LogP contribution in [-0.4, -0.2) is 40.1 Å². The Morgan fingerprint density at radius 2 is 1.74 bits per heavy atom. The third-order valence-corrected chi connectivity index (χ3v) is 5.05. The van der Waals surface area contributed by atoms with Gasteiger partial charge in [0.2, 0.25) is 5.91 Å². The van der Waals surface area contributed by atoms with Crippen LogP contribution in [0.3, 0.4) is 0 Å². The highest BCUT2D eigenvalue weighted by atomic mass is 19.1. The van der Waals surface area contributed by atoms with Gasteiger partial charge in [-0.25, -0.2) is 4.39 Å². The van der Waals surface area contributed by atoms with Gasteiger partial charge in [-0.2, -0.15) is 0 Å². The Morgan fingerprint density at radius 1 is 1.17 bits per heavy atom. The average Bonchev–Trinajstić information content (AvgIpc) is 3.36. The van der Waals surface area contributed by atoms with Gasteiger partial charge in [0.15, 0.2) is 0 Å². The van der Waals surface area contributed by atoms with Crippen molar-refractivity contribution in [2.45, 2.75) is 31.8 Å². The van der Waals surface area contributed by atoms with E-state index >= 15 is 0 Å². The van der Waals surface area contributed by atoms with E-state index < -0.39 is 17.5 Å². The summed E-state index contributed by atoms with van der Waals surface area (Å²) in [5, 5.41) is 19.6. The zero-order valence-electron chi connectivity index (χ0n) is 12.7. The Balaban J connectivity index is 1.59. The van der Waals surface area contributed by atoms with E-state index in [4.69, 9.17) is 0 Å².